The lowest BCUT2D eigenvalue weighted by molar-refractivity contribution is 0.591. The number of hydrogen-bond acceptors (Lipinski definition) is 2. The van der Waals surface area contributed by atoms with Crippen molar-refractivity contribution in [3.05, 3.63) is 29.8 Å². The summed E-state index contributed by atoms with van der Waals surface area (Å²) >= 11 is 0. The summed E-state index contributed by atoms with van der Waals surface area (Å²) in [6.45, 7) is 13.4. The van der Waals surface area contributed by atoms with Gasteiger partial charge in [0.25, 0.3) is 0 Å². The monoisotopic (exact) mass is 276 g/mol. The van der Waals surface area contributed by atoms with E-state index in [-0.39, 0.29) is 0 Å². The highest BCUT2D eigenvalue weighted by molar-refractivity contribution is 5.48. The topological polar surface area (TPSA) is 15.3 Å². The standard InChI is InChI=1S/C18H32N2/c1-6-9-14-20(15(4)7-2)18-12-10-17(11-13-18)16(5)19-8-3/h10-13,15-16,19H,6-9,14H2,1-5H3. The van der Waals surface area contributed by atoms with Gasteiger partial charge >= 0.3 is 0 Å². The van der Waals surface area contributed by atoms with Gasteiger partial charge in [0.2, 0.25) is 0 Å². The first-order chi connectivity index (χ1) is 9.63. The predicted octanol–water partition coefficient (Wildman–Crippen LogP) is 4.76. The molecular weight excluding hydrogens is 244 g/mol. The fraction of sp³-hybridized carbons (Fsp3) is 0.667. The molecule has 0 aromatic heterocycles. The molecule has 0 heterocycles. The Kier molecular flexibility index (Phi) is 7.68. The van der Waals surface area contributed by atoms with Gasteiger partial charge in [0.05, 0.1) is 0 Å². The first-order valence-electron chi connectivity index (χ1n) is 8.23. The molecule has 114 valence electrons. The summed E-state index contributed by atoms with van der Waals surface area (Å²) in [5.74, 6) is 0. The largest absolute Gasteiger partial charge is 0.369 e. The summed E-state index contributed by atoms with van der Waals surface area (Å²) < 4.78 is 0. The number of unbranched alkanes of at least 4 members (excludes halogenated alkanes) is 1. The van der Waals surface area contributed by atoms with E-state index in [0.717, 1.165) is 13.1 Å². The summed E-state index contributed by atoms with van der Waals surface area (Å²) in [7, 11) is 0. The van der Waals surface area contributed by atoms with Crippen LogP contribution in [0.4, 0.5) is 5.69 Å². The third-order valence-electron chi connectivity index (χ3n) is 4.11. The third-order valence-corrected chi connectivity index (χ3v) is 4.11. The van der Waals surface area contributed by atoms with Crippen molar-refractivity contribution in [3.63, 3.8) is 0 Å². The van der Waals surface area contributed by atoms with Gasteiger partial charge in [-0.05, 0) is 50.9 Å². The molecule has 0 fully saturated rings. The van der Waals surface area contributed by atoms with Crippen LogP contribution < -0.4 is 10.2 Å². The second kappa shape index (κ2) is 9.02. The van der Waals surface area contributed by atoms with Gasteiger partial charge in [-0.3, -0.25) is 0 Å². The molecule has 0 aliphatic heterocycles. The van der Waals surface area contributed by atoms with Crippen LogP contribution >= 0.6 is 0 Å². The minimum Gasteiger partial charge on any atom is -0.369 e. The molecule has 0 aliphatic rings. The van der Waals surface area contributed by atoms with Crippen molar-refractivity contribution in [1.29, 1.82) is 0 Å². The van der Waals surface area contributed by atoms with E-state index in [2.05, 4.69) is 69.1 Å². The molecule has 2 heteroatoms. The van der Waals surface area contributed by atoms with Crippen LogP contribution in [0.2, 0.25) is 0 Å². The van der Waals surface area contributed by atoms with Crippen molar-refractivity contribution < 1.29 is 0 Å². The number of hydrogen-bond donors (Lipinski definition) is 1. The fourth-order valence-electron chi connectivity index (χ4n) is 2.53. The van der Waals surface area contributed by atoms with Gasteiger partial charge in [0, 0.05) is 24.3 Å². The highest BCUT2D eigenvalue weighted by Crippen LogP contribution is 2.22. The van der Waals surface area contributed by atoms with E-state index >= 15 is 0 Å². The zero-order valence-electron chi connectivity index (χ0n) is 13.9. The average Bonchev–Trinajstić information content (AvgIpc) is 2.48. The zero-order chi connectivity index (χ0) is 15.0. The van der Waals surface area contributed by atoms with Gasteiger partial charge in [0.1, 0.15) is 0 Å². The molecule has 1 N–H and O–H groups in total. The quantitative estimate of drug-likeness (QED) is 0.699. The van der Waals surface area contributed by atoms with E-state index < -0.39 is 0 Å². The summed E-state index contributed by atoms with van der Waals surface area (Å²) in [5, 5.41) is 3.47. The van der Waals surface area contributed by atoms with Crippen LogP contribution in [-0.2, 0) is 0 Å². The molecule has 0 saturated heterocycles. The van der Waals surface area contributed by atoms with Gasteiger partial charge in [-0.2, -0.15) is 0 Å². The summed E-state index contributed by atoms with van der Waals surface area (Å²) in [4.78, 5) is 2.55. The van der Waals surface area contributed by atoms with Crippen molar-refractivity contribution in [1.82, 2.24) is 5.32 Å². The van der Waals surface area contributed by atoms with Gasteiger partial charge < -0.3 is 10.2 Å². The predicted molar refractivity (Wildman–Crippen MR) is 90.5 cm³/mol. The number of anilines is 1. The van der Waals surface area contributed by atoms with Crippen molar-refractivity contribution >= 4 is 5.69 Å². The van der Waals surface area contributed by atoms with E-state index in [1.165, 1.54) is 30.5 Å². The molecule has 1 aromatic rings. The van der Waals surface area contributed by atoms with Crippen LogP contribution in [0.1, 0.15) is 65.5 Å². The Balaban J connectivity index is 2.81. The van der Waals surface area contributed by atoms with E-state index in [0.29, 0.717) is 12.1 Å². The van der Waals surface area contributed by atoms with Gasteiger partial charge in [-0.25, -0.2) is 0 Å². The van der Waals surface area contributed by atoms with Crippen LogP contribution in [0.3, 0.4) is 0 Å². The van der Waals surface area contributed by atoms with E-state index in [1.54, 1.807) is 0 Å². The molecule has 2 nitrogen and oxygen atoms in total. The van der Waals surface area contributed by atoms with Gasteiger partial charge in [0.15, 0.2) is 0 Å². The first-order valence-corrected chi connectivity index (χ1v) is 8.23. The van der Waals surface area contributed by atoms with Crippen molar-refractivity contribution in [2.45, 2.75) is 66.0 Å². The molecular formula is C18H32N2. The first kappa shape index (κ1) is 17.0. The summed E-state index contributed by atoms with van der Waals surface area (Å²) in [5.41, 5.74) is 2.73. The Morgan fingerprint density at radius 3 is 2.20 bits per heavy atom. The summed E-state index contributed by atoms with van der Waals surface area (Å²) in [6.07, 6.45) is 3.71. The zero-order valence-corrected chi connectivity index (χ0v) is 13.9. The van der Waals surface area contributed by atoms with Crippen molar-refractivity contribution in [2.24, 2.45) is 0 Å². The summed E-state index contributed by atoms with van der Waals surface area (Å²) in [6, 6.07) is 10.1. The maximum Gasteiger partial charge on any atom is 0.0368 e. The molecule has 2 atom stereocenters. The lowest BCUT2D eigenvalue weighted by Crippen LogP contribution is -2.33. The number of rotatable bonds is 9. The SMILES string of the molecule is CCCCN(c1ccc(C(C)NCC)cc1)C(C)CC. The smallest absolute Gasteiger partial charge is 0.0368 e. The van der Waals surface area contributed by atoms with Crippen LogP contribution in [-0.4, -0.2) is 19.1 Å². The Labute approximate surface area is 125 Å². The minimum atomic E-state index is 0.432. The minimum absolute atomic E-state index is 0.432. The Bertz CT molecular complexity index is 358. The maximum absolute atomic E-state index is 3.47. The molecule has 20 heavy (non-hydrogen) atoms. The van der Waals surface area contributed by atoms with E-state index in [9.17, 15) is 0 Å². The Hall–Kier alpha value is -1.02. The third kappa shape index (κ3) is 4.82. The number of nitrogens with zero attached hydrogens (tertiary/aromatic N) is 1. The molecule has 1 rings (SSSR count). The molecule has 0 radical (unpaired) electrons. The lowest BCUT2D eigenvalue weighted by Gasteiger charge is -2.31. The fourth-order valence-corrected chi connectivity index (χ4v) is 2.53. The van der Waals surface area contributed by atoms with Crippen LogP contribution in [0.5, 0.6) is 0 Å². The van der Waals surface area contributed by atoms with Gasteiger partial charge in [-0.15, -0.1) is 0 Å². The second-order valence-corrected chi connectivity index (χ2v) is 5.68. The van der Waals surface area contributed by atoms with Crippen LogP contribution in [0, 0.1) is 0 Å². The molecule has 2 unspecified atom stereocenters. The molecule has 0 saturated carbocycles. The van der Waals surface area contributed by atoms with E-state index in [1.807, 2.05) is 0 Å². The molecule has 0 aliphatic carbocycles. The van der Waals surface area contributed by atoms with Crippen molar-refractivity contribution in [3.8, 4) is 0 Å². The maximum atomic E-state index is 3.47. The number of nitrogens with one attached hydrogen (secondary N) is 1. The van der Waals surface area contributed by atoms with Crippen molar-refractivity contribution in [2.75, 3.05) is 18.0 Å². The van der Waals surface area contributed by atoms with Crippen LogP contribution in [0.25, 0.3) is 0 Å². The van der Waals surface area contributed by atoms with E-state index in [4.69, 9.17) is 0 Å². The Morgan fingerprint density at radius 2 is 1.70 bits per heavy atom. The average molecular weight is 276 g/mol. The molecule has 0 amide bonds. The molecule has 0 bridgehead atoms. The molecule has 0 spiro atoms. The lowest BCUT2D eigenvalue weighted by atomic mass is 10.1. The van der Waals surface area contributed by atoms with Crippen LogP contribution in [0.15, 0.2) is 24.3 Å². The van der Waals surface area contributed by atoms with Gasteiger partial charge in [-0.1, -0.05) is 39.3 Å². The normalized spacial score (nSPS) is 14.1. The highest BCUT2D eigenvalue weighted by Gasteiger charge is 2.13. The Morgan fingerprint density at radius 1 is 1.05 bits per heavy atom. The second-order valence-electron chi connectivity index (χ2n) is 5.68. The molecule has 1 aromatic carbocycles. The highest BCUT2D eigenvalue weighted by atomic mass is 15.2. The number of benzene rings is 1.